The molecule has 7 heteroatoms. The largest absolute Gasteiger partial charge is 0.383 e. The minimum Gasteiger partial charge on any atom is -0.383 e. The van der Waals surface area contributed by atoms with Crippen LogP contribution in [0.5, 0.6) is 0 Å². The SMILES string of the molecule is COCCn1c(S[C@@H](C)C(=O)N(C)C)nc2ccccc2c1=O. The smallest absolute Gasteiger partial charge is 0.262 e. The third-order valence-electron chi connectivity index (χ3n) is 3.42. The fourth-order valence-corrected chi connectivity index (χ4v) is 3.27. The highest BCUT2D eigenvalue weighted by molar-refractivity contribution is 8.00. The van der Waals surface area contributed by atoms with E-state index in [1.54, 1.807) is 37.9 Å². The lowest BCUT2D eigenvalue weighted by Crippen LogP contribution is -2.31. The summed E-state index contributed by atoms with van der Waals surface area (Å²) in [5.74, 6) is -0.0179. The Morgan fingerprint density at radius 2 is 2.09 bits per heavy atom. The number of nitrogens with zero attached hydrogens (tertiary/aromatic N) is 3. The summed E-state index contributed by atoms with van der Waals surface area (Å²) < 4.78 is 6.67. The van der Waals surface area contributed by atoms with E-state index in [1.165, 1.54) is 16.7 Å². The van der Waals surface area contributed by atoms with Crippen molar-refractivity contribution in [2.45, 2.75) is 23.9 Å². The predicted octanol–water partition coefficient (Wildman–Crippen LogP) is 1.61. The van der Waals surface area contributed by atoms with Gasteiger partial charge in [0.2, 0.25) is 5.91 Å². The van der Waals surface area contributed by atoms with E-state index < -0.39 is 0 Å². The zero-order valence-corrected chi connectivity index (χ0v) is 14.6. The van der Waals surface area contributed by atoms with E-state index >= 15 is 0 Å². The van der Waals surface area contributed by atoms with E-state index in [1.807, 2.05) is 19.1 Å². The van der Waals surface area contributed by atoms with Gasteiger partial charge in [-0.1, -0.05) is 23.9 Å². The third kappa shape index (κ3) is 3.92. The van der Waals surface area contributed by atoms with E-state index in [0.29, 0.717) is 29.2 Å². The first-order valence-electron chi connectivity index (χ1n) is 7.32. The number of carbonyl (C=O) groups excluding carboxylic acids is 1. The lowest BCUT2D eigenvalue weighted by molar-refractivity contribution is -0.127. The zero-order chi connectivity index (χ0) is 17.0. The van der Waals surface area contributed by atoms with Crippen LogP contribution in [0.3, 0.4) is 0 Å². The van der Waals surface area contributed by atoms with Gasteiger partial charge < -0.3 is 9.64 Å². The summed E-state index contributed by atoms with van der Waals surface area (Å²) in [5.41, 5.74) is 0.526. The first-order valence-corrected chi connectivity index (χ1v) is 8.20. The Morgan fingerprint density at radius 1 is 1.39 bits per heavy atom. The standard InChI is InChI=1S/C16H21N3O3S/c1-11(14(20)18(2)3)23-16-17-13-8-6-5-7-12(13)15(21)19(16)9-10-22-4/h5-8,11H,9-10H2,1-4H3/t11-/m0/s1. The van der Waals surface area contributed by atoms with E-state index in [0.717, 1.165) is 0 Å². The number of hydrogen-bond donors (Lipinski definition) is 0. The van der Waals surface area contributed by atoms with Crippen molar-refractivity contribution < 1.29 is 9.53 Å². The Labute approximate surface area is 139 Å². The number of para-hydroxylation sites is 1. The molecule has 0 aliphatic carbocycles. The van der Waals surface area contributed by atoms with Crippen LogP contribution in [0.1, 0.15) is 6.92 Å². The highest BCUT2D eigenvalue weighted by Crippen LogP contribution is 2.23. The van der Waals surface area contributed by atoms with Crippen LogP contribution in [0, 0.1) is 0 Å². The average molecular weight is 335 g/mol. The summed E-state index contributed by atoms with van der Waals surface area (Å²) in [6.45, 7) is 2.62. The van der Waals surface area contributed by atoms with E-state index in [4.69, 9.17) is 4.74 Å². The van der Waals surface area contributed by atoms with Crippen LogP contribution in [0.25, 0.3) is 10.9 Å². The van der Waals surface area contributed by atoms with Gasteiger partial charge in [-0.15, -0.1) is 0 Å². The van der Waals surface area contributed by atoms with Crippen LogP contribution < -0.4 is 5.56 Å². The van der Waals surface area contributed by atoms with Gasteiger partial charge in [-0.2, -0.15) is 0 Å². The summed E-state index contributed by atoms with van der Waals surface area (Å²) in [6, 6.07) is 7.23. The van der Waals surface area contributed by atoms with Crippen LogP contribution in [-0.4, -0.2) is 53.4 Å². The molecule has 0 radical (unpaired) electrons. The molecule has 124 valence electrons. The number of thioether (sulfide) groups is 1. The number of ether oxygens (including phenoxy) is 1. The predicted molar refractivity (Wildman–Crippen MR) is 91.9 cm³/mol. The number of carbonyl (C=O) groups is 1. The molecule has 0 saturated heterocycles. The number of benzene rings is 1. The number of hydrogen-bond acceptors (Lipinski definition) is 5. The Balaban J connectivity index is 2.47. The zero-order valence-electron chi connectivity index (χ0n) is 13.8. The van der Waals surface area contributed by atoms with Crippen molar-refractivity contribution in [2.24, 2.45) is 0 Å². The molecule has 1 aromatic carbocycles. The number of fused-ring (bicyclic) bond motifs is 1. The second-order valence-electron chi connectivity index (χ2n) is 5.35. The summed E-state index contributed by atoms with van der Waals surface area (Å²) in [4.78, 5) is 30.9. The summed E-state index contributed by atoms with van der Waals surface area (Å²) >= 11 is 1.29. The van der Waals surface area contributed by atoms with Crippen molar-refractivity contribution in [1.29, 1.82) is 0 Å². The maximum atomic E-state index is 12.7. The first kappa shape index (κ1) is 17.5. The molecule has 0 saturated carbocycles. The quantitative estimate of drug-likeness (QED) is 0.593. The Hall–Kier alpha value is -1.86. The second-order valence-corrected chi connectivity index (χ2v) is 6.66. The van der Waals surface area contributed by atoms with Gasteiger partial charge in [0.15, 0.2) is 5.16 Å². The Morgan fingerprint density at radius 3 is 2.74 bits per heavy atom. The molecule has 0 unspecified atom stereocenters. The molecule has 0 fully saturated rings. The van der Waals surface area contributed by atoms with E-state index in [2.05, 4.69) is 4.98 Å². The van der Waals surface area contributed by atoms with Crippen LogP contribution >= 0.6 is 11.8 Å². The molecule has 0 N–H and O–H groups in total. The summed E-state index contributed by atoms with van der Waals surface area (Å²) in [6.07, 6.45) is 0. The van der Waals surface area contributed by atoms with Gasteiger partial charge in [0.05, 0.1) is 29.3 Å². The van der Waals surface area contributed by atoms with E-state index in [-0.39, 0.29) is 16.7 Å². The van der Waals surface area contributed by atoms with Crippen LogP contribution in [0.15, 0.2) is 34.2 Å². The molecule has 23 heavy (non-hydrogen) atoms. The highest BCUT2D eigenvalue weighted by atomic mass is 32.2. The molecular formula is C16H21N3O3S. The monoisotopic (exact) mass is 335 g/mol. The molecule has 2 aromatic rings. The lowest BCUT2D eigenvalue weighted by atomic mass is 10.2. The van der Waals surface area contributed by atoms with Crippen LogP contribution in [-0.2, 0) is 16.1 Å². The Kier molecular flexibility index (Phi) is 5.79. The number of aromatic nitrogens is 2. The van der Waals surface area contributed by atoms with Gasteiger partial charge in [0.1, 0.15) is 0 Å². The van der Waals surface area contributed by atoms with Crippen LogP contribution in [0.4, 0.5) is 0 Å². The minimum atomic E-state index is -0.327. The molecule has 1 heterocycles. The highest BCUT2D eigenvalue weighted by Gasteiger charge is 2.20. The van der Waals surface area contributed by atoms with E-state index in [9.17, 15) is 9.59 Å². The van der Waals surface area contributed by atoms with Crippen molar-refractivity contribution in [3.8, 4) is 0 Å². The molecular weight excluding hydrogens is 314 g/mol. The summed E-state index contributed by atoms with van der Waals surface area (Å²) in [5, 5.41) is 0.778. The average Bonchev–Trinajstić information content (AvgIpc) is 2.53. The molecule has 6 nitrogen and oxygen atoms in total. The van der Waals surface area contributed by atoms with Gasteiger partial charge in [0, 0.05) is 21.2 Å². The fraction of sp³-hybridized carbons (Fsp3) is 0.438. The lowest BCUT2D eigenvalue weighted by Gasteiger charge is -2.18. The first-order chi connectivity index (χ1) is 11.0. The Bertz CT molecular complexity index is 758. The molecule has 2 rings (SSSR count). The van der Waals surface area contributed by atoms with Crippen molar-refractivity contribution in [2.75, 3.05) is 27.8 Å². The van der Waals surface area contributed by atoms with Crippen molar-refractivity contribution in [3.05, 3.63) is 34.6 Å². The van der Waals surface area contributed by atoms with Crippen molar-refractivity contribution >= 4 is 28.6 Å². The van der Waals surface area contributed by atoms with Gasteiger partial charge in [0.25, 0.3) is 5.56 Å². The van der Waals surface area contributed by atoms with Gasteiger partial charge >= 0.3 is 0 Å². The van der Waals surface area contributed by atoms with Gasteiger partial charge in [-0.3, -0.25) is 14.2 Å². The molecule has 0 bridgehead atoms. The van der Waals surface area contributed by atoms with Gasteiger partial charge in [-0.05, 0) is 19.1 Å². The topological polar surface area (TPSA) is 64.4 Å². The van der Waals surface area contributed by atoms with Gasteiger partial charge in [-0.25, -0.2) is 4.98 Å². The third-order valence-corrected chi connectivity index (χ3v) is 4.49. The van der Waals surface area contributed by atoms with Crippen molar-refractivity contribution in [1.82, 2.24) is 14.5 Å². The second kappa shape index (κ2) is 7.61. The minimum absolute atomic E-state index is 0.0179. The van der Waals surface area contributed by atoms with Crippen molar-refractivity contribution in [3.63, 3.8) is 0 Å². The molecule has 0 aliphatic rings. The number of methoxy groups -OCH3 is 1. The molecule has 1 aromatic heterocycles. The molecule has 0 aliphatic heterocycles. The number of amides is 1. The molecule has 1 amide bonds. The molecule has 0 spiro atoms. The normalized spacial score (nSPS) is 12.3. The number of rotatable bonds is 6. The van der Waals surface area contributed by atoms with Crippen LogP contribution in [0.2, 0.25) is 0 Å². The maximum Gasteiger partial charge on any atom is 0.262 e. The molecule has 1 atom stereocenters. The summed E-state index contributed by atoms with van der Waals surface area (Å²) in [7, 11) is 5.01. The maximum absolute atomic E-state index is 12.7. The fourth-order valence-electron chi connectivity index (χ4n) is 2.19.